The lowest BCUT2D eigenvalue weighted by Gasteiger charge is -2.30. The summed E-state index contributed by atoms with van der Waals surface area (Å²) < 4.78 is 26.9. The molecule has 1 aromatic carbocycles. The van der Waals surface area contributed by atoms with E-state index in [0.717, 1.165) is 6.42 Å². The van der Waals surface area contributed by atoms with Crippen molar-refractivity contribution in [3.63, 3.8) is 0 Å². The van der Waals surface area contributed by atoms with E-state index in [-0.39, 0.29) is 17.4 Å². The Morgan fingerprint density at radius 1 is 1.35 bits per heavy atom. The minimum Gasteiger partial charge on any atom is -0.391 e. The first-order chi connectivity index (χ1) is 9.60. The molecule has 0 radical (unpaired) electrons. The summed E-state index contributed by atoms with van der Waals surface area (Å²) in [7, 11) is -3.47. The molecule has 0 fully saturated rings. The maximum absolute atomic E-state index is 12.1. The molecule has 2 N–H and O–H groups in total. The van der Waals surface area contributed by atoms with Gasteiger partial charge in [0.25, 0.3) is 0 Å². The molecule has 4 nitrogen and oxygen atoms in total. The molecule has 20 heavy (non-hydrogen) atoms. The quantitative estimate of drug-likeness (QED) is 0.886. The number of hydrogen-bond acceptors (Lipinski definition) is 4. The summed E-state index contributed by atoms with van der Waals surface area (Å²) in [6.45, 7) is 0.292. The Morgan fingerprint density at radius 3 is 2.85 bits per heavy atom. The summed E-state index contributed by atoms with van der Waals surface area (Å²) >= 11 is 1.25. The molecule has 0 amide bonds. The van der Waals surface area contributed by atoms with Crippen molar-refractivity contribution < 1.29 is 13.5 Å². The predicted octanol–water partition coefficient (Wildman–Crippen LogP) is 1.86. The molecule has 1 heterocycles. The van der Waals surface area contributed by atoms with Gasteiger partial charge in [0, 0.05) is 22.7 Å². The Morgan fingerprint density at radius 2 is 2.15 bits per heavy atom. The zero-order valence-corrected chi connectivity index (χ0v) is 12.4. The molecule has 0 bridgehead atoms. The lowest BCUT2D eigenvalue weighted by molar-refractivity contribution is 0.285. The van der Waals surface area contributed by atoms with Crippen molar-refractivity contribution in [3.05, 3.63) is 51.7 Å². The molecule has 3 rings (SSSR count). The van der Waals surface area contributed by atoms with Crippen LogP contribution in [0.5, 0.6) is 0 Å². The standard InChI is InChI=1S/C14H15NO3S2/c16-8-12-6-13(9-19-12)20(17,18)15-7-11-5-10-3-1-2-4-14(10)11/h1-4,6,9,11,15-16H,5,7-8H2. The molecule has 0 aliphatic heterocycles. The van der Waals surface area contributed by atoms with Crippen molar-refractivity contribution in [1.29, 1.82) is 0 Å². The number of rotatable bonds is 5. The number of fused-ring (bicyclic) bond motifs is 1. The van der Waals surface area contributed by atoms with Crippen molar-refractivity contribution in [2.45, 2.75) is 23.8 Å². The first-order valence-electron chi connectivity index (χ1n) is 6.36. The van der Waals surface area contributed by atoms with Crippen molar-refractivity contribution in [2.75, 3.05) is 6.54 Å². The lowest BCUT2D eigenvalue weighted by atomic mass is 9.78. The van der Waals surface area contributed by atoms with Crippen LogP contribution in [-0.2, 0) is 23.1 Å². The molecule has 2 aromatic rings. The van der Waals surface area contributed by atoms with Gasteiger partial charge >= 0.3 is 0 Å². The van der Waals surface area contributed by atoms with Crippen molar-refractivity contribution in [2.24, 2.45) is 0 Å². The summed E-state index contributed by atoms with van der Waals surface area (Å²) in [5.74, 6) is 0.261. The second kappa shape index (κ2) is 5.29. The molecule has 1 aromatic heterocycles. The number of benzene rings is 1. The molecule has 0 saturated heterocycles. The van der Waals surface area contributed by atoms with Crippen LogP contribution in [0.25, 0.3) is 0 Å². The van der Waals surface area contributed by atoms with Crippen LogP contribution >= 0.6 is 11.3 Å². The Bertz CT molecular complexity index is 722. The van der Waals surface area contributed by atoms with Crippen molar-refractivity contribution in [1.82, 2.24) is 4.72 Å². The van der Waals surface area contributed by atoms with Gasteiger partial charge < -0.3 is 5.11 Å². The molecular formula is C14H15NO3S2. The van der Waals surface area contributed by atoms with Gasteiger partial charge in [0.2, 0.25) is 10.0 Å². The first kappa shape index (κ1) is 13.8. The smallest absolute Gasteiger partial charge is 0.241 e. The Kier molecular flexibility index (Phi) is 3.64. The van der Waals surface area contributed by atoms with Crippen LogP contribution in [0.15, 0.2) is 40.6 Å². The van der Waals surface area contributed by atoms with Crippen LogP contribution in [0, 0.1) is 0 Å². The highest BCUT2D eigenvalue weighted by Crippen LogP contribution is 2.34. The molecule has 1 aliphatic carbocycles. The molecule has 106 valence electrons. The minimum atomic E-state index is -3.47. The second-order valence-corrected chi connectivity index (χ2v) is 7.62. The number of sulfonamides is 1. The minimum absolute atomic E-state index is 0.129. The summed E-state index contributed by atoms with van der Waals surface area (Å²) in [5, 5.41) is 10.5. The molecule has 1 unspecified atom stereocenters. The van der Waals surface area contributed by atoms with Crippen LogP contribution in [0.4, 0.5) is 0 Å². The fourth-order valence-electron chi connectivity index (χ4n) is 2.42. The fourth-order valence-corrected chi connectivity index (χ4v) is 4.64. The third-order valence-electron chi connectivity index (χ3n) is 3.58. The fraction of sp³-hybridized carbons (Fsp3) is 0.286. The molecule has 6 heteroatoms. The average Bonchev–Trinajstić information content (AvgIpc) is 2.89. The van der Waals surface area contributed by atoms with Gasteiger partial charge in [-0.3, -0.25) is 0 Å². The highest BCUT2D eigenvalue weighted by atomic mass is 32.2. The van der Waals surface area contributed by atoms with Crippen LogP contribution in [-0.4, -0.2) is 20.1 Å². The van der Waals surface area contributed by atoms with Gasteiger partial charge in [0.15, 0.2) is 0 Å². The molecule has 0 saturated carbocycles. The maximum Gasteiger partial charge on any atom is 0.241 e. The SMILES string of the molecule is O=S(=O)(NCC1Cc2ccccc21)c1csc(CO)c1. The van der Waals surface area contributed by atoms with Crippen molar-refractivity contribution >= 4 is 21.4 Å². The number of thiophene rings is 1. The second-order valence-electron chi connectivity index (χ2n) is 4.86. The van der Waals surface area contributed by atoms with E-state index in [1.165, 1.54) is 28.5 Å². The summed E-state index contributed by atoms with van der Waals surface area (Å²) in [5.41, 5.74) is 2.53. The van der Waals surface area contributed by atoms with E-state index in [2.05, 4.69) is 10.8 Å². The average molecular weight is 309 g/mol. The number of hydrogen-bond donors (Lipinski definition) is 2. The highest BCUT2D eigenvalue weighted by Gasteiger charge is 2.27. The Hall–Kier alpha value is -1.21. The van der Waals surface area contributed by atoms with E-state index in [9.17, 15) is 8.42 Å². The van der Waals surface area contributed by atoms with Gasteiger partial charge in [-0.2, -0.15) is 0 Å². The molecule has 1 atom stereocenters. The van der Waals surface area contributed by atoms with E-state index in [0.29, 0.717) is 11.4 Å². The van der Waals surface area contributed by atoms with Gasteiger partial charge in [-0.1, -0.05) is 24.3 Å². The third kappa shape index (κ3) is 2.52. The topological polar surface area (TPSA) is 66.4 Å². The number of aliphatic hydroxyl groups excluding tert-OH is 1. The van der Waals surface area contributed by atoms with Crippen LogP contribution in [0.2, 0.25) is 0 Å². The zero-order chi connectivity index (χ0) is 14.2. The van der Waals surface area contributed by atoms with Crippen LogP contribution in [0.3, 0.4) is 0 Å². The largest absolute Gasteiger partial charge is 0.391 e. The number of nitrogens with one attached hydrogen (secondary N) is 1. The summed E-state index contributed by atoms with van der Waals surface area (Å²) in [4.78, 5) is 0.888. The highest BCUT2D eigenvalue weighted by molar-refractivity contribution is 7.89. The van der Waals surface area contributed by atoms with Gasteiger partial charge in [-0.25, -0.2) is 13.1 Å². The zero-order valence-electron chi connectivity index (χ0n) is 10.7. The van der Waals surface area contributed by atoms with Gasteiger partial charge in [-0.15, -0.1) is 11.3 Å². The van der Waals surface area contributed by atoms with E-state index in [4.69, 9.17) is 5.11 Å². The van der Waals surface area contributed by atoms with Crippen LogP contribution < -0.4 is 4.72 Å². The van der Waals surface area contributed by atoms with E-state index < -0.39 is 10.0 Å². The Balaban J connectivity index is 1.67. The van der Waals surface area contributed by atoms with E-state index in [1.807, 2.05) is 18.2 Å². The monoisotopic (exact) mass is 309 g/mol. The van der Waals surface area contributed by atoms with E-state index in [1.54, 1.807) is 5.38 Å². The predicted molar refractivity (Wildman–Crippen MR) is 78.3 cm³/mol. The Labute approximate surface area is 122 Å². The van der Waals surface area contributed by atoms with E-state index >= 15 is 0 Å². The van der Waals surface area contributed by atoms with Crippen LogP contribution in [0.1, 0.15) is 21.9 Å². The molecular weight excluding hydrogens is 294 g/mol. The molecule has 1 aliphatic rings. The normalized spacial score (nSPS) is 17.6. The van der Waals surface area contributed by atoms with Gasteiger partial charge in [-0.05, 0) is 23.6 Å². The van der Waals surface area contributed by atoms with Crippen molar-refractivity contribution in [3.8, 4) is 0 Å². The first-order valence-corrected chi connectivity index (χ1v) is 8.72. The number of aliphatic hydroxyl groups is 1. The maximum atomic E-state index is 12.1. The summed E-state index contributed by atoms with van der Waals surface area (Å²) in [6, 6.07) is 9.62. The third-order valence-corrected chi connectivity index (χ3v) is 6.05. The molecule has 0 spiro atoms. The van der Waals surface area contributed by atoms with Gasteiger partial charge in [0.05, 0.1) is 11.5 Å². The summed E-state index contributed by atoms with van der Waals surface area (Å²) in [6.07, 6.45) is 0.921. The van der Waals surface area contributed by atoms with Gasteiger partial charge in [0.1, 0.15) is 0 Å². The lowest BCUT2D eigenvalue weighted by Crippen LogP contribution is -2.33.